The summed E-state index contributed by atoms with van der Waals surface area (Å²) in [6.07, 6.45) is 2.40. The Morgan fingerprint density at radius 3 is 3.00 bits per heavy atom. The first-order valence-electron chi connectivity index (χ1n) is 4.03. The number of hydrogen-bond donors (Lipinski definition) is 1. The Labute approximate surface area is 80.1 Å². The molecular weight excluding hydrogens is 186 g/mol. The van der Waals surface area contributed by atoms with Crippen molar-refractivity contribution in [2.24, 2.45) is 0 Å². The standard InChI is InChI=1S/C8H9N3O3/c1-2-10-8(12)6-3-4-9-5-7(6)11(13)14/h3-5H,2H2,1H3,(H,10,12). The van der Waals surface area contributed by atoms with Crippen LogP contribution >= 0.6 is 0 Å². The van der Waals surface area contributed by atoms with E-state index < -0.39 is 10.8 Å². The van der Waals surface area contributed by atoms with Crippen molar-refractivity contribution in [3.63, 3.8) is 0 Å². The van der Waals surface area contributed by atoms with Gasteiger partial charge in [-0.25, -0.2) is 0 Å². The maximum absolute atomic E-state index is 11.3. The lowest BCUT2D eigenvalue weighted by atomic mass is 10.2. The number of nitrogens with one attached hydrogen (secondary N) is 1. The van der Waals surface area contributed by atoms with E-state index >= 15 is 0 Å². The van der Waals surface area contributed by atoms with Crippen LogP contribution in [0, 0.1) is 10.1 Å². The van der Waals surface area contributed by atoms with Gasteiger partial charge in [0.1, 0.15) is 11.8 Å². The zero-order chi connectivity index (χ0) is 10.6. The van der Waals surface area contributed by atoms with Crippen LogP contribution in [0.1, 0.15) is 17.3 Å². The van der Waals surface area contributed by atoms with Crippen molar-refractivity contribution in [2.45, 2.75) is 6.92 Å². The third-order valence-corrected chi connectivity index (χ3v) is 1.58. The number of carbonyl (C=O) groups excluding carboxylic acids is 1. The number of aromatic nitrogens is 1. The molecule has 1 N–H and O–H groups in total. The van der Waals surface area contributed by atoms with E-state index in [9.17, 15) is 14.9 Å². The second-order valence-electron chi connectivity index (χ2n) is 2.51. The second kappa shape index (κ2) is 4.31. The molecule has 0 unspecified atom stereocenters. The largest absolute Gasteiger partial charge is 0.352 e. The molecule has 0 bridgehead atoms. The van der Waals surface area contributed by atoms with Crippen LogP contribution in [0.25, 0.3) is 0 Å². The monoisotopic (exact) mass is 195 g/mol. The Balaban J connectivity index is 3.07. The minimum absolute atomic E-state index is 0.0341. The minimum Gasteiger partial charge on any atom is -0.352 e. The summed E-state index contributed by atoms with van der Waals surface area (Å²) in [5, 5.41) is 13.0. The SMILES string of the molecule is CCNC(=O)c1ccncc1[N+](=O)[O-]. The van der Waals surface area contributed by atoms with E-state index in [4.69, 9.17) is 0 Å². The minimum atomic E-state index is -0.627. The molecule has 0 spiro atoms. The van der Waals surface area contributed by atoms with Gasteiger partial charge >= 0.3 is 0 Å². The molecule has 1 heterocycles. The summed E-state index contributed by atoms with van der Waals surface area (Å²) in [5.41, 5.74) is -0.245. The average molecular weight is 195 g/mol. The fraction of sp³-hybridized carbons (Fsp3) is 0.250. The van der Waals surface area contributed by atoms with Gasteiger partial charge in [-0.2, -0.15) is 0 Å². The van der Waals surface area contributed by atoms with Gasteiger partial charge in [-0.05, 0) is 13.0 Å². The zero-order valence-corrected chi connectivity index (χ0v) is 7.56. The molecule has 74 valence electrons. The normalized spacial score (nSPS) is 9.50. The van der Waals surface area contributed by atoms with Gasteiger partial charge in [-0.3, -0.25) is 19.9 Å². The van der Waals surface area contributed by atoms with Crippen LogP contribution in [-0.4, -0.2) is 22.4 Å². The van der Waals surface area contributed by atoms with E-state index in [0.717, 1.165) is 6.20 Å². The smallest absolute Gasteiger partial charge is 0.300 e. The summed E-state index contributed by atoms with van der Waals surface area (Å²) < 4.78 is 0. The maximum Gasteiger partial charge on any atom is 0.300 e. The Morgan fingerprint density at radius 2 is 2.43 bits per heavy atom. The summed E-state index contributed by atoms with van der Waals surface area (Å²) in [4.78, 5) is 24.8. The number of nitrogens with zero attached hydrogens (tertiary/aromatic N) is 2. The molecule has 6 heteroatoms. The highest BCUT2D eigenvalue weighted by atomic mass is 16.6. The molecule has 1 aromatic rings. The van der Waals surface area contributed by atoms with Gasteiger partial charge in [0.15, 0.2) is 0 Å². The van der Waals surface area contributed by atoms with E-state index in [1.165, 1.54) is 12.3 Å². The van der Waals surface area contributed by atoms with Gasteiger partial charge in [0.25, 0.3) is 11.6 Å². The molecule has 1 aromatic heterocycles. The number of nitro groups is 1. The molecule has 0 aromatic carbocycles. The van der Waals surface area contributed by atoms with Crippen LogP contribution in [0.3, 0.4) is 0 Å². The summed E-state index contributed by atoms with van der Waals surface area (Å²) >= 11 is 0. The van der Waals surface area contributed by atoms with Crippen LogP contribution in [0.15, 0.2) is 18.5 Å². The summed E-state index contributed by atoms with van der Waals surface area (Å²) in [7, 11) is 0. The lowest BCUT2D eigenvalue weighted by Crippen LogP contribution is -2.23. The molecule has 1 amide bonds. The van der Waals surface area contributed by atoms with Crippen molar-refractivity contribution in [3.8, 4) is 0 Å². The van der Waals surface area contributed by atoms with Crippen LogP contribution in [0.4, 0.5) is 5.69 Å². The summed E-state index contributed by atoms with van der Waals surface area (Å²) in [6.45, 7) is 2.17. The molecule has 0 radical (unpaired) electrons. The molecule has 0 aliphatic carbocycles. The van der Waals surface area contributed by atoms with Crippen molar-refractivity contribution >= 4 is 11.6 Å². The van der Waals surface area contributed by atoms with Crippen molar-refractivity contribution in [1.82, 2.24) is 10.3 Å². The second-order valence-corrected chi connectivity index (χ2v) is 2.51. The number of pyridine rings is 1. The predicted octanol–water partition coefficient (Wildman–Crippen LogP) is 0.740. The third kappa shape index (κ3) is 2.03. The van der Waals surface area contributed by atoms with Crippen molar-refractivity contribution < 1.29 is 9.72 Å². The van der Waals surface area contributed by atoms with E-state index in [1.807, 2.05) is 0 Å². The van der Waals surface area contributed by atoms with Gasteiger partial charge in [-0.15, -0.1) is 0 Å². The molecule has 14 heavy (non-hydrogen) atoms. The van der Waals surface area contributed by atoms with E-state index in [-0.39, 0.29) is 11.3 Å². The van der Waals surface area contributed by atoms with Crippen LogP contribution in [-0.2, 0) is 0 Å². The Hall–Kier alpha value is -1.98. The molecule has 0 aliphatic rings. The van der Waals surface area contributed by atoms with Crippen molar-refractivity contribution in [1.29, 1.82) is 0 Å². The van der Waals surface area contributed by atoms with Gasteiger partial charge in [0, 0.05) is 12.7 Å². The van der Waals surface area contributed by atoms with Crippen LogP contribution in [0.2, 0.25) is 0 Å². The average Bonchev–Trinajstić information content (AvgIpc) is 2.18. The summed E-state index contributed by atoms with van der Waals surface area (Å²) in [5.74, 6) is -0.457. The molecule has 0 aliphatic heterocycles. The fourth-order valence-electron chi connectivity index (χ4n) is 0.979. The third-order valence-electron chi connectivity index (χ3n) is 1.58. The van der Waals surface area contributed by atoms with Crippen molar-refractivity contribution in [3.05, 3.63) is 34.1 Å². The van der Waals surface area contributed by atoms with E-state index in [2.05, 4.69) is 10.3 Å². The molecule has 0 fully saturated rings. The predicted molar refractivity (Wildman–Crippen MR) is 48.9 cm³/mol. The molecular formula is C8H9N3O3. The molecule has 0 saturated heterocycles. The van der Waals surface area contributed by atoms with Crippen LogP contribution < -0.4 is 5.32 Å². The Morgan fingerprint density at radius 1 is 1.71 bits per heavy atom. The van der Waals surface area contributed by atoms with Crippen LogP contribution in [0.5, 0.6) is 0 Å². The van der Waals surface area contributed by atoms with Crippen molar-refractivity contribution in [2.75, 3.05) is 6.54 Å². The first-order chi connectivity index (χ1) is 6.66. The van der Waals surface area contributed by atoms with E-state index in [0.29, 0.717) is 6.54 Å². The molecule has 1 rings (SSSR count). The number of hydrogen-bond acceptors (Lipinski definition) is 4. The van der Waals surface area contributed by atoms with Gasteiger partial charge in [0.05, 0.1) is 4.92 Å². The highest BCUT2D eigenvalue weighted by Crippen LogP contribution is 2.15. The molecule has 6 nitrogen and oxygen atoms in total. The zero-order valence-electron chi connectivity index (χ0n) is 7.56. The summed E-state index contributed by atoms with van der Waals surface area (Å²) in [6, 6.07) is 1.32. The topological polar surface area (TPSA) is 85.1 Å². The van der Waals surface area contributed by atoms with Gasteiger partial charge in [0.2, 0.25) is 0 Å². The van der Waals surface area contributed by atoms with Gasteiger partial charge < -0.3 is 5.32 Å². The highest BCUT2D eigenvalue weighted by Gasteiger charge is 2.18. The Kier molecular flexibility index (Phi) is 3.11. The Bertz CT molecular complexity index is 365. The highest BCUT2D eigenvalue weighted by molar-refractivity contribution is 5.97. The lowest BCUT2D eigenvalue weighted by Gasteiger charge is -2.01. The quantitative estimate of drug-likeness (QED) is 0.569. The lowest BCUT2D eigenvalue weighted by molar-refractivity contribution is -0.385. The molecule has 0 atom stereocenters. The number of amides is 1. The first-order valence-corrected chi connectivity index (χ1v) is 4.03. The van der Waals surface area contributed by atoms with E-state index in [1.54, 1.807) is 6.92 Å². The molecule has 0 saturated carbocycles. The number of rotatable bonds is 3. The number of carbonyl (C=O) groups is 1. The fourth-order valence-corrected chi connectivity index (χ4v) is 0.979. The maximum atomic E-state index is 11.3. The van der Waals surface area contributed by atoms with Gasteiger partial charge in [-0.1, -0.05) is 0 Å². The first kappa shape index (κ1) is 10.1.